The van der Waals surface area contributed by atoms with Gasteiger partial charge >= 0.3 is 24.1 Å². The van der Waals surface area contributed by atoms with Crippen molar-refractivity contribution in [1.29, 1.82) is 0 Å². The molecule has 0 aromatic heterocycles. The minimum absolute atomic E-state index is 0.0629. The van der Waals surface area contributed by atoms with Crippen molar-refractivity contribution in [3.05, 3.63) is 82.0 Å². The number of rotatable bonds is 15. The van der Waals surface area contributed by atoms with Crippen LogP contribution in [0.1, 0.15) is 95.7 Å². The molecule has 0 heterocycles. The number of benzene rings is 2. The molecule has 2 aromatic rings. The highest BCUT2D eigenvalue weighted by Gasteiger charge is 2.18. The lowest BCUT2D eigenvalue weighted by Gasteiger charge is -2.23. The molecule has 0 fully saturated rings. The normalized spacial score (nSPS) is 11.5. The highest BCUT2D eigenvalue weighted by Crippen LogP contribution is 2.31. The smallest absolute Gasteiger partial charge is 0.407 e. The first-order valence-electron chi connectivity index (χ1n) is 18.5. The number of hydrogen-bond acceptors (Lipinski definition) is 10. The third-order valence-corrected chi connectivity index (χ3v) is 7.37. The monoisotopic (exact) mass is 770 g/mol. The molecule has 2 amide bonds. The Hall–Kier alpha value is -5.00. The average molecular weight is 771 g/mol. The van der Waals surface area contributed by atoms with Gasteiger partial charge in [-0.05, 0) is 109 Å². The summed E-state index contributed by atoms with van der Waals surface area (Å²) in [5.41, 5.74) is 7.66. The highest BCUT2D eigenvalue weighted by molar-refractivity contribution is 5.87. The fourth-order valence-corrected chi connectivity index (χ4v) is 4.74. The predicted octanol–water partition coefficient (Wildman–Crippen LogP) is 8.46. The maximum atomic E-state index is 11.7. The summed E-state index contributed by atoms with van der Waals surface area (Å²) in [5.74, 6) is 0.890. The Morgan fingerprint density at radius 1 is 0.673 bits per heavy atom. The van der Waals surface area contributed by atoms with E-state index in [0.29, 0.717) is 30.9 Å². The van der Waals surface area contributed by atoms with Gasteiger partial charge in [-0.2, -0.15) is 0 Å². The van der Waals surface area contributed by atoms with Gasteiger partial charge in [-0.3, -0.25) is 0 Å². The molecule has 0 saturated carbocycles. The summed E-state index contributed by atoms with van der Waals surface area (Å²) >= 11 is 0. The van der Waals surface area contributed by atoms with Crippen LogP contribution in [-0.4, -0.2) is 75.9 Å². The van der Waals surface area contributed by atoms with Crippen LogP contribution in [0.2, 0.25) is 0 Å². The van der Waals surface area contributed by atoms with Gasteiger partial charge in [0.15, 0.2) is 0 Å². The molecule has 308 valence electrons. The summed E-state index contributed by atoms with van der Waals surface area (Å²) in [4.78, 5) is 44.6. The van der Waals surface area contributed by atoms with Crippen molar-refractivity contribution in [2.24, 2.45) is 0 Å². The van der Waals surface area contributed by atoms with E-state index >= 15 is 0 Å². The number of hydrogen-bond donors (Lipinski definition) is 2. The maximum absolute atomic E-state index is 11.7. The minimum Gasteiger partial charge on any atom is -0.489 e. The van der Waals surface area contributed by atoms with Crippen molar-refractivity contribution < 1.29 is 47.6 Å². The third-order valence-electron chi connectivity index (χ3n) is 7.37. The van der Waals surface area contributed by atoms with E-state index in [0.717, 1.165) is 33.8 Å². The largest absolute Gasteiger partial charge is 0.489 e. The molecule has 0 aliphatic heterocycles. The number of aryl methyl sites for hydroxylation is 5. The zero-order chi connectivity index (χ0) is 42.5. The lowest BCUT2D eigenvalue weighted by molar-refractivity contribution is -0.139. The first-order valence-corrected chi connectivity index (χ1v) is 18.5. The number of alkyl carbamates (subject to hydrolysis) is 2. The predicted molar refractivity (Wildman–Crippen MR) is 217 cm³/mol. The maximum Gasteiger partial charge on any atom is 0.407 e. The summed E-state index contributed by atoms with van der Waals surface area (Å²) in [5, 5.41) is 5.12. The van der Waals surface area contributed by atoms with E-state index in [4.69, 9.17) is 23.7 Å². The van der Waals surface area contributed by atoms with Gasteiger partial charge in [0.05, 0.1) is 13.2 Å². The molecule has 2 rings (SSSR count). The van der Waals surface area contributed by atoms with Crippen molar-refractivity contribution in [1.82, 2.24) is 10.6 Å². The van der Waals surface area contributed by atoms with E-state index in [1.54, 1.807) is 27.7 Å². The van der Waals surface area contributed by atoms with Gasteiger partial charge in [0.25, 0.3) is 0 Å². The molecule has 0 radical (unpaired) electrons. The second-order valence-corrected chi connectivity index (χ2v) is 14.3. The van der Waals surface area contributed by atoms with Gasteiger partial charge in [0.1, 0.15) is 43.5 Å². The molecule has 12 heteroatoms. The van der Waals surface area contributed by atoms with E-state index in [9.17, 15) is 19.2 Å². The van der Waals surface area contributed by atoms with Gasteiger partial charge in [-0.1, -0.05) is 63.8 Å². The van der Waals surface area contributed by atoms with Crippen LogP contribution < -0.4 is 20.1 Å². The number of ether oxygens (including phenoxy) is 6. The second kappa shape index (κ2) is 25.1. The average Bonchev–Trinajstić information content (AvgIpc) is 3.06. The van der Waals surface area contributed by atoms with E-state index in [1.807, 2.05) is 60.6 Å². The van der Waals surface area contributed by atoms with Crippen molar-refractivity contribution in [2.45, 2.75) is 115 Å². The molecule has 2 aromatic carbocycles. The minimum atomic E-state index is -0.583. The first kappa shape index (κ1) is 50.0. The Labute approximate surface area is 329 Å². The first-order chi connectivity index (χ1) is 25.5. The van der Waals surface area contributed by atoms with Crippen LogP contribution >= 0.6 is 0 Å². The van der Waals surface area contributed by atoms with Gasteiger partial charge < -0.3 is 39.1 Å². The van der Waals surface area contributed by atoms with Crippen LogP contribution in [0.15, 0.2) is 48.6 Å². The van der Waals surface area contributed by atoms with Crippen molar-refractivity contribution in [2.75, 3.05) is 39.5 Å². The summed E-state index contributed by atoms with van der Waals surface area (Å²) in [6.45, 7) is 35.7. The molecule has 12 nitrogen and oxygen atoms in total. The number of carbonyl (C=O) groups excluding carboxylic acids is 4. The fraction of sp³-hybridized carbons (Fsp3) is 0.535. The Balaban J connectivity index is 0.000000890. The Morgan fingerprint density at radius 3 is 1.44 bits per heavy atom. The van der Waals surface area contributed by atoms with Gasteiger partial charge in [-0.15, -0.1) is 0 Å². The molecule has 2 unspecified atom stereocenters. The van der Waals surface area contributed by atoms with Gasteiger partial charge in [-0.25, -0.2) is 19.2 Å². The SMILES string of the molecule is C=C(C)C(=O)OCC.C=C(C)C(=O)OCCNC(=O)OC(C)COc1c(C)cc(C)cc1C.CCNC(=O)OC(C)COc1c(C)cc(C(C)(C)C)cc1C. The van der Waals surface area contributed by atoms with Crippen LogP contribution in [0.5, 0.6) is 11.5 Å². The lowest BCUT2D eigenvalue weighted by atomic mass is 9.85. The zero-order valence-corrected chi connectivity index (χ0v) is 35.7. The quantitative estimate of drug-likeness (QED) is 0.0782. The van der Waals surface area contributed by atoms with Crippen LogP contribution in [0, 0.1) is 34.6 Å². The van der Waals surface area contributed by atoms with Crippen LogP contribution in [0.4, 0.5) is 9.59 Å². The number of carbonyl (C=O) groups is 4. The van der Waals surface area contributed by atoms with Crippen LogP contribution in [-0.2, 0) is 34.0 Å². The van der Waals surface area contributed by atoms with E-state index in [1.165, 1.54) is 11.1 Å². The zero-order valence-electron chi connectivity index (χ0n) is 35.7. The van der Waals surface area contributed by atoms with Gasteiger partial charge in [0.2, 0.25) is 0 Å². The van der Waals surface area contributed by atoms with Crippen LogP contribution in [0.3, 0.4) is 0 Å². The molecule has 55 heavy (non-hydrogen) atoms. The lowest BCUT2D eigenvalue weighted by Crippen LogP contribution is -2.33. The number of nitrogens with one attached hydrogen (secondary N) is 2. The van der Waals surface area contributed by atoms with Crippen molar-refractivity contribution in [3.63, 3.8) is 0 Å². The highest BCUT2D eigenvalue weighted by atomic mass is 16.6. The Bertz CT molecular complexity index is 1550. The Morgan fingerprint density at radius 2 is 1.07 bits per heavy atom. The summed E-state index contributed by atoms with van der Waals surface area (Å²) in [7, 11) is 0. The van der Waals surface area contributed by atoms with Crippen LogP contribution in [0.25, 0.3) is 0 Å². The molecule has 0 saturated heterocycles. The topological polar surface area (TPSA) is 148 Å². The van der Waals surface area contributed by atoms with E-state index in [-0.39, 0.29) is 37.2 Å². The summed E-state index contributed by atoms with van der Waals surface area (Å²) in [6.07, 6.45) is -1.71. The van der Waals surface area contributed by atoms with Crippen molar-refractivity contribution >= 4 is 24.1 Å². The van der Waals surface area contributed by atoms with E-state index < -0.39 is 24.3 Å². The molecular formula is C43H66N2O10. The second-order valence-electron chi connectivity index (χ2n) is 14.3. The molecule has 2 atom stereocenters. The summed E-state index contributed by atoms with van der Waals surface area (Å²) < 4.78 is 31.5. The van der Waals surface area contributed by atoms with Crippen molar-refractivity contribution in [3.8, 4) is 11.5 Å². The molecule has 0 bridgehead atoms. The Kier molecular flexibility index (Phi) is 22.9. The molecular weight excluding hydrogens is 704 g/mol. The van der Waals surface area contributed by atoms with Gasteiger partial charge in [0, 0.05) is 17.7 Å². The number of esters is 2. The standard InChI is InChI=1S/C19H27NO5.C18H29NO3.C6H10O2/c1-12(2)18(21)23-8-7-20-19(22)25-16(6)11-24-17-14(4)9-13(3)10-15(17)5;1-8-19-17(20)22-14(4)11-21-16-12(2)9-15(10-13(16)3)18(5,6)7;1-4-8-6(7)5(2)3/h9-10,16H,1,7-8,11H2,2-6H3,(H,20,22);9-10,14H,8,11H2,1-7H3,(H,19,20);2,4H2,1,3H3. The molecule has 0 aliphatic rings. The molecule has 0 spiro atoms. The summed E-state index contributed by atoms with van der Waals surface area (Å²) in [6, 6.07) is 8.43. The molecule has 0 aliphatic carbocycles. The molecule has 2 N–H and O–H groups in total. The fourth-order valence-electron chi connectivity index (χ4n) is 4.74. The van der Waals surface area contributed by atoms with E-state index in [2.05, 4.69) is 61.4 Å². The third kappa shape index (κ3) is 20.9. The number of amides is 2.